The summed E-state index contributed by atoms with van der Waals surface area (Å²) in [4.78, 5) is 11.3. The fourth-order valence-electron chi connectivity index (χ4n) is 1.51. The normalized spacial score (nSPS) is 14.1. The van der Waals surface area contributed by atoms with E-state index in [1.165, 1.54) is 0 Å². The van der Waals surface area contributed by atoms with Crippen LogP contribution in [0.5, 0.6) is 5.75 Å². The monoisotopic (exact) mass is 268 g/mol. The lowest BCUT2D eigenvalue weighted by Crippen LogP contribution is -2.38. The molecule has 0 spiro atoms. The minimum Gasteiger partial charge on any atom is -0.490 e. The van der Waals surface area contributed by atoms with Gasteiger partial charge in [0.05, 0.1) is 11.6 Å². The molecule has 2 N–H and O–H groups in total. The molecular formula is C13H17ClN2O2. The lowest BCUT2D eigenvalue weighted by atomic mass is 10.2. The van der Waals surface area contributed by atoms with E-state index in [2.05, 4.69) is 10.6 Å². The molecule has 2 amide bonds. The van der Waals surface area contributed by atoms with Crippen LogP contribution in [0.25, 0.3) is 0 Å². The molecule has 18 heavy (non-hydrogen) atoms. The van der Waals surface area contributed by atoms with Crippen LogP contribution in [0.15, 0.2) is 18.2 Å². The number of carbonyl (C=O) groups excluding carboxylic acids is 1. The summed E-state index contributed by atoms with van der Waals surface area (Å²) in [7, 11) is 0. The molecule has 0 atom stereocenters. The number of rotatable bonds is 5. The van der Waals surface area contributed by atoms with Gasteiger partial charge in [-0.15, -0.1) is 0 Å². The third-order valence-electron chi connectivity index (χ3n) is 2.64. The van der Waals surface area contributed by atoms with E-state index in [0.29, 0.717) is 30.0 Å². The maximum absolute atomic E-state index is 11.3. The van der Waals surface area contributed by atoms with Crippen LogP contribution >= 0.6 is 11.6 Å². The molecule has 1 saturated carbocycles. The van der Waals surface area contributed by atoms with E-state index < -0.39 is 0 Å². The van der Waals surface area contributed by atoms with Crippen molar-refractivity contribution < 1.29 is 9.53 Å². The second kappa shape index (κ2) is 5.96. The summed E-state index contributed by atoms with van der Waals surface area (Å²) in [6.45, 7) is 2.84. The number of urea groups is 1. The summed E-state index contributed by atoms with van der Waals surface area (Å²) >= 11 is 5.99. The summed E-state index contributed by atoms with van der Waals surface area (Å²) in [5, 5.41) is 6.17. The lowest BCUT2D eigenvalue weighted by Gasteiger charge is -2.10. The topological polar surface area (TPSA) is 50.4 Å². The first-order valence-electron chi connectivity index (χ1n) is 6.08. The van der Waals surface area contributed by atoms with Gasteiger partial charge >= 0.3 is 6.03 Å². The number of aryl methyl sites for hydroxylation is 1. The van der Waals surface area contributed by atoms with Gasteiger partial charge in [0.2, 0.25) is 0 Å². The highest BCUT2D eigenvalue weighted by molar-refractivity contribution is 6.32. The van der Waals surface area contributed by atoms with Crippen molar-refractivity contribution in [3.05, 3.63) is 28.8 Å². The highest BCUT2D eigenvalue weighted by Crippen LogP contribution is 2.24. The van der Waals surface area contributed by atoms with Crippen LogP contribution in [-0.4, -0.2) is 25.2 Å². The maximum Gasteiger partial charge on any atom is 0.315 e. The van der Waals surface area contributed by atoms with Gasteiger partial charge in [0.15, 0.2) is 0 Å². The van der Waals surface area contributed by atoms with E-state index in [4.69, 9.17) is 16.3 Å². The summed E-state index contributed by atoms with van der Waals surface area (Å²) < 4.78 is 5.51. The molecule has 0 saturated heterocycles. The van der Waals surface area contributed by atoms with E-state index in [-0.39, 0.29) is 6.03 Å². The largest absolute Gasteiger partial charge is 0.490 e. The van der Waals surface area contributed by atoms with Crippen molar-refractivity contribution in [1.82, 2.24) is 10.6 Å². The third kappa shape index (κ3) is 4.11. The molecule has 0 radical (unpaired) electrons. The van der Waals surface area contributed by atoms with Crippen LogP contribution in [0.3, 0.4) is 0 Å². The Labute approximate surface area is 112 Å². The van der Waals surface area contributed by atoms with Gasteiger partial charge in [-0.3, -0.25) is 0 Å². The van der Waals surface area contributed by atoms with Crippen molar-refractivity contribution in [3.63, 3.8) is 0 Å². The molecule has 0 bridgehead atoms. The molecule has 0 unspecified atom stereocenters. The number of hydrogen-bond acceptors (Lipinski definition) is 2. The number of carbonyl (C=O) groups is 1. The lowest BCUT2D eigenvalue weighted by molar-refractivity contribution is 0.236. The van der Waals surface area contributed by atoms with Gasteiger partial charge in [-0.05, 0) is 37.5 Å². The predicted octanol–water partition coefficient (Wildman–Crippen LogP) is 2.49. The minimum absolute atomic E-state index is 0.128. The number of hydrogen-bond donors (Lipinski definition) is 2. The molecule has 2 rings (SSSR count). The van der Waals surface area contributed by atoms with Crippen molar-refractivity contribution in [2.45, 2.75) is 25.8 Å². The standard InChI is InChI=1S/C13H17ClN2O2/c1-9-2-5-11(14)12(8-9)18-7-6-15-13(17)16-10-3-4-10/h2,5,8,10H,3-4,6-7H2,1H3,(H2,15,16,17). The van der Waals surface area contributed by atoms with Gasteiger partial charge in [-0.25, -0.2) is 4.79 Å². The first kappa shape index (κ1) is 13.0. The van der Waals surface area contributed by atoms with Gasteiger partial charge in [-0.1, -0.05) is 17.7 Å². The van der Waals surface area contributed by atoms with E-state index in [9.17, 15) is 4.79 Å². The highest BCUT2D eigenvalue weighted by Gasteiger charge is 2.22. The Kier molecular flexibility index (Phi) is 4.31. The second-order valence-corrected chi connectivity index (χ2v) is 4.86. The molecule has 0 aliphatic heterocycles. The number of benzene rings is 1. The van der Waals surface area contributed by atoms with Gasteiger partial charge in [0, 0.05) is 6.04 Å². The Morgan fingerprint density at radius 1 is 1.50 bits per heavy atom. The number of amides is 2. The number of ether oxygens (including phenoxy) is 1. The average molecular weight is 269 g/mol. The molecule has 1 fully saturated rings. The fraction of sp³-hybridized carbons (Fsp3) is 0.462. The smallest absolute Gasteiger partial charge is 0.315 e. The average Bonchev–Trinajstić information content (AvgIpc) is 3.13. The zero-order valence-corrected chi connectivity index (χ0v) is 11.1. The molecule has 98 valence electrons. The van der Waals surface area contributed by atoms with E-state index in [1.807, 2.05) is 19.1 Å². The first-order valence-corrected chi connectivity index (χ1v) is 6.46. The van der Waals surface area contributed by atoms with Crippen LogP contribution < -0.4 is 15.4 Å². The minimum atomic E-state index is -0.128. The Morgan fingerprint density at radius 2 is 2.28 bits per heavy atom. The Bertz CT molecular complexity index is 433. The molecule has 1 aromatic rings. The van der Waals surface area contributed by atoms with Crippen LogP contribution in [0.1, 0.15) is 18.4 Å². The van der Waals surface area contributed by atoms with Crippen LogP contribution in [0, 0.1) is 6.92 Å². The van der Waals surface area contributed by atoms with Crippen LogP contribution in [0.2, 0.25) is 5.02 Å². The Hall–Kier alpha value is -1.42. The summed E-state index contributed by atoms with van der Waals surface area (Å²) in [6.07, 6.45) is 2.17. The van der Waals surface area contributed by atoms with Gasteiger partial charge in [0.25, 0.3) is 0 Å². The zero-order valence-electron chi connectivity index (χ0n) is 10.3. The van der Waals surface area contributed by atoms with Crippen molar-refractivity contribution >= 4 is 17.6 Å². The molecule has 5 heteroatoms. The van der Waals surface area contributed by atoms with Crippen molar-refractivity contribution in [1.29, 1.82) is 0 Å². The second-order valence-electron chi connectivity index (χ2n) is 4.46. The van der Waals surface area contributed by atoms with E-state index in [0.717, 1.165) is 18.4 Å². The van der Waals surface area contributed by atoms with Gasteiger partial charge < -0.3 is 15.4 Å². The van der Waals surface area contributed by atoms with E-state index >= 15 is 0 Å². The predicted molar refractivity (Wildman–Crippen MR) is 71.2 cm³/mol. The van der Waals surface area contributed by atoms with E-state index in [1.54, 1.807) is 6.07 Å². The van der Waals surface area contributed by atoms with Gasteiger partial charge in [0.1, 0.15) is 12.4 Å². The summed E-state index contributed by atoms with van der Waals surface area (Å²) in [5.41, 5.74) is 1.09. The third-order valence-corrected chi connectivity index (χ3v) is 2.96. The van der Waals surface area contributed by atoms with Crippen molar-refractivity contribution in [3.8, 4) is 5.75 Å². The van der Waals surface area contributed by atoms with Crippen LogP contribution in [-0.2, 0) is 0 Å². The number of halogens is 1. The van der Waals surface area contributed by atoms with Crippen molar-refractivity contribution in [2.24, 2.45) is 0 Å². The molecule has 0 aromatic heterocycles. The molecule has 4 nitrogen and oxygen atoms in total. The van der Waals surface area contributed by atoms with Crippen LogP contribution in [0.4, 0.5) is 4.79 Å². The first-order chi connectivity index (χ1) is 8.65. The summed E-state index contributed by atoms with van der Waals surface area (Å²) in [6, 6.07) is 5.86. The Balaban J connectivity index is 1.67. The summed E-state index contributed by atoms with van der Waals surface area (Å²) in [5.74, 6) is 0.654. The molecule has 1 aliphatic carbocycles. The number of nitrogens with one attached hydrogen (secondary N) is 2. The SMILES string of the molecule is Cc1ccc(Cl)c(OCCNC(=O)NC2CC2)c1. The highest BCUT2D eigenvalue weighted by atomic mass is 35.5. The zero-order chi connectivity index (χ0) is 13.0. The fourth-order valence-corrected chi connectivity index (χ4v) is 1.68. The quantitative estimate of drug-likeness (QED) is 0.806. The Morgan fingerprint density at radius 3 is 3.00 bits per heavy atom. The molecule has 0 heterocycles. The van der Waals surface area contributed by atoms with Gasteiger partial charge in [-0.2, -0.15) is 0 Å². The molecule has 1 aromatic carbocycles. The van der Waals surface area contributed by atoms with Crippen molar-refractivity contribution in [2.75, 3.05) is 13.2 Å². The maximum atomic E-state index is 11.3. The molecule has 1 aliphatic rings. The molecular weight excluding hydrogens is 252 g/mol.